The van der Waals surface area contributed by atoms with Gasteiger partial charge in [0.15, 0.2) is 0 Å². The molecule has 0 heterocycles. The van der Waals surface area contributed by atoms with Crippen LogP contribution in [0.15, 0.2) is 54.6 Å². The Hall–Kier alpha value is -1.74. The summed E-state index contributed by atoms with van der Waals surface area (Å²) in [4.78, 5) is 0. The van der Waals surface area contributed by atoms with Gasteiger partial charge in [0.2, 0.25) is 0 Å². The summed E-state index contributed by atoms with van der Waals surface area (Å²) in [6.07, 6.45) is -0.548. The number of nitrogens with two attached hydrogens (primary N) is 1. The van der Waals surface area contributed by atoms with Crippen molar-refractivity contribution in [2.24, 2.45) is 5.73 Å². The highest BCUT2D eigenvalue weighted by molar-refractivity contribution is 5.69. The molecule has 0 radical (unpaired) electrons. The van der Waals surface area contributed by atoms with E-state index >= 15 is 0 Å². The second-order valence-corrected chi connectivity index (χ2v) is 5.28. The van der Waals surface area contributed by atoms with Crippen molar-refractivity contribution in [3.8, 4) is 11.1 Å². The minimum Gasteiger partial charge on any atom is -0.321 e. The van der Waals surface area contributed by atoms with Gasteiger partial charge in [0.1, 0.15) is 0 Å². The Kier molecular flexibility index (Phi) is 2.68. The second kappa shape index (κ2) is 4.14. The van der Waals surface area contributed by atoms with E-state index in [0.717, 1.165) is 16.7 Å². The summed E-state index contributed by atoms with van der Waals surface area (Å²) in [5, 5.41) is 0. The molecular formula is C16H15F2N. The van der Waals surface area contributed by atoms with Crippen LogP contribution in [-0.4, -0.2) is 5.92 Å². The van der Waals surface area contributed by atoms with Gasteiger partial charge in [0, 0.05) is 12.8 Å². The Labute approximate surface area is 111 Å². The first-order valence-electron chi connectivity index (χ1n) is 6.32. The Morgan fingerprint density at radius 2 is 1.42 bits per heavy atom. The number of halogens is 2. The summed E-state index contributed by atoms with van der Waals surface area (Å²) in [6, 6.07) is 17.3. The highest BCUT2D eigenvalue weighted by Crippen LogP contribution is 2.51. The lowest BCUT2D eigenvalue weighted by Crippen LogP contribution is -2.55. The molecule has 1 saturated carbocycles. The first-order chi connectivity index (χ1) is 9.00. The first-order valence-corrected chi connectivity index (χ1v) is 6.32. The molecule has 19 heavy (non-hydrogen) atoms. The molecule has 2 aromatic carbocycles. The van der Waals surface area contributed by atoms with E-state index in [2.05, 4.69) is 0 Å². The molecule has 3 rings (SSSR count). The molecule has 1 aliphatic rings. The fourth-order valence-corrected chi connectivity index (χ4v) is 2.85. The molecule has 0 atom stereocenters. The minimum absolute atomic E-state index is 0.274. The average molecular weight is 259 g/mol. The Morgan fingerprint density at radius 3 is 2.05 bits per heavy atom. The molecule has 2 N–H and O–H groups in total. The highest BCUT2D eigenvalue weighted by Gasteiger charge is 2.55. The second-order valence-electron chi connectivity index (χ2n) is 5.28. The number of benzene rings is 2. The van der Waals surface area contributed by atoms with E-state index in [1.54, 1.807) is 0 Å². The molecule has 1 fully saturated rings. The Morgan fingerprint density at radius 1 is 0.842 bits per heavy atom. The molecule has 0 bridgehead atoms. The van der Waals surface area contributed by atoms with Crippen molar-refractivity contribution in [3.05, 3.63) is 60.2 Å². The summed E-state index contributed by atoms with van der Waals surface area (Å²) < 4.78 is 26.3. The van der Waals surface area contributed by atoms with Crippen molar-refractivity contribution in [2.45, 2.75) is 24.3 Å². The third kappa shape index (κ3) is 2.15. The first kappa shape index (κ1) is 12.3. The van der Waals surface area contributed by atoms with E-state index in [9.17, 15) is 8.78 Å². The van der Waals surface area contributed by atoms with E-state index in [1.807, 2.05) is 54.6 Å². The normalized spacial score (nSPS) is 19.7. The minimum atomic E-state index is -2.63. The summed E-state index contributed by atoms with van der Waals surface area (Å²) in [5.74, 6) is -2.63. The predicted molar refractivity (Wildman–Crippen MR) is 71.9 cm³/mol. The van der Waals surface area contributed by atoms with Crippen LogP contribution < -0.4 is 5.73 Å². The van der Waals surface area contributed by atoms with Crippen LogP contribution in [0.2, 0.25) is 0 Å². The van der Waals surface area contributed by atoms with E-state index in [4.69, 9.17) is 5.73 Å². The molecule has 1 aliphatic carbocycles. The molecule has 0 spiro atoms. The maximum Gasteiger partial charge on any atom is 0.252 e. The third-order valence-electron chi connectivity index (χ3n) is 3.70. The van der Waals surface area contributed by atoms with Crippen LogP contribution in [0.25, 0.3) is 11.1 Å². The molecule has 0 amide bonds. The quantitative estimate of drug-likeness (QED) is 0.868. The monoisotopic (exact) mass is 259 g/mol. The molecule has 0 aromatic heterocycles. The summed E-state index contributed by atoms with van der Waals surface area (Å²) in [6.45, 7) is 0. The summed E-state index contributed by atoms with van der Waals surface area (Å²) >= 11 is 0. The predicted octanol–water partition coefficient (Wildman–Crippen LogP) is 3.94. The topological polar surface area (TPSA) is 26.0 Å². The maximum absolute atomic E-state index is 13.2. The van der Waals surface area contributed by atoms with Gasteiger partial charge < -0.3 is 5.73 Å². The van der Waals surface area contributed by atoms with Crippen LogP contribution in [-0.2, 0) is 5.54 Å². The van der Waals surface area contributed by atoms with Crippen LogP contribution in [0.3, 0.4) is 0 Å². The van der Waals surface area contributed by atoms with Gasteiger partial charge in [-0.05, 0) is 16.7 Å². The lowest BCUT2D eigenvalue weighted by molar-refractivity contribution is -0.124. The average Bonchev–Trinajstić information content (AvgIpc) is 2.37. The fourth-order valence-electron chi connectivity index (χ4n) is 2.85. The van der Waals surface area contributed by atoms with Crippen LogP contribution in [0.5, 0.6) is 0 Å². The largest absolute Gasteiger partial charge is 0.321 e. The van der Waals surface area contributed by atoms with Gasteiger partial charge in [-0.25, -0.2) is 8.78 Å². The van der Waals surface area contributed by atoms with Crippen LogP contribution >= 0.6 is 0 Å². The van der Waals surface area contributed by atoms with Gasteiger partial charge in [0.05, 0.1) is 5.54 Å². The Balaban J connectivity index is 2.05. The van der Waals surface area contributed by atoms with E-state index < -0.39 is 11.5 Å². The number of hydrogen-bond donors (Lipinski definition) is 1. The van der Waals surface area contributed by atoms with E-state index in [1.165, 1.54) is 0 Å². The van der Waals surface area contributed by atoms with Gasteiger partial charge in [-0.2, -0.15) is 0 Å². The third-order valence-corrected chi connectivity index (χ3v) is 3.70. The molecule has 3 heteroatoms. The molecule has 98 valence electrons. The van der Waals surface area contributed by atoms with Gasteiger partial charge >= 0.3 is 0 Å². The zero-order valence-corrected chi connectivity index (χ0v) is 10.4. The molecular weight excluding hydrogens is 244 g/mol. The maximum atomic E-state index is 13.2. The molecule has 2 aromatic rings. The molecule has 1 nitrogen and oxygen atoms in total. The van der Waals surface area contributed by atoms with E-state index in [0.29, 0.717) is 0 Å². The van der Waals surface area contributed by atoms with Crippen molar-refractivity contribution in [1.29, 1.82) is 0 Å². The van der Waals surface area contributed by atoms with Crippen LogP contribution in [0.1, 0.15) is 18.4 Å². The highest BCUT2D eigenvalue weighted by atomic mass is 19.3. The Bertz CT molecular complexity index is 585. The zero-order chi connectivity index (χ0) is 13.5. The SMILES string of the molecule is NC1(c2ccccc2-c2ccccc2)CC(F)(F)C1. The number of rotatable bonds is 2. The van der Waals surface area contributed by atoms with Crippen LogP contribution in [0, 0.1) is 0 Å². The lowest BCUT2D eigenvalue weighted by atomic mass is 9.68. The van der Waals surface area contributed by atoms with Crippen LogP contribution in [0.4, 0.5) is 8.78 Å². The van der Waals surface area contributed by atoms with Crippen molar-refractivity contribution >= 4 is 0 Å². The molecule has 0 aliphatic heterocycles. The molecule has 0 saturated heterocycles. The van der Waals surface area contributed by atoms with E-state index in [-0.39, 0.29) is 12.8 Å². The number of hydrogen-bond acceptors (Lipinski definition) is 1. The summed E-state index contributed by atoms with van der Waals surface area (Å²) in [5.41, 5.74) is 8.02. The van der Waals surface area contributed by atoms with Crippen molar-refractivity contribution in [2.75, 3.05) is 0 Å². The van der Waals surface area contributed by atoms with Crippen molar-refractivity contribution in [3.63, 3.8) is 0 Å². The molecule has 0 unspecified atom stereocenters. The van der Waals surface area contributed by atoms with Crippen molar-refractivity contribution < 1.29 is 8.78 Å². The lowest BCUT2D eigenvalue weighted by Gasteiger charge is -2.45. The summed E-state index contributed by atoms with van der Waals surface area (Å²) in [7, 11) is 0. The standard InChI is InChI=1S/C16H15F2N/c17-16(18)10-15(19,11-16)14-9-5-4-8-13(14)12-6-2-1-3-7-12/h1-9H,10-11,19H2. The smallest absolute Gasteiger partial charge is 0.252 e. The van der Waals surface area contributed by atoms with Gasteiger partial charge in [-0.15, -0.1) is 0 Å². The fraction of sp³-hybridized carbons (Fsp3) is 0.250. The van der Waals surface area contributed by atoms with Crippen molar-refractivity contribution in [1.82, 2.24) is 0 Å². The number of alkyl halides is 2. The van der Waals surface area contributed by atoms with Gasteiger partial charge in [-0.1, -0.05) is 54.6 Å². The van der Waals surface area contributed by atoms with Gasteiger partial charge in [0.25, 0.3) is 5.92 Å². The zero-order valence-electron chi connectivity index (χ0n) is 10.4. The van der Waals surface area contributed by atoms with Gasteiger partial charge in [-0.3, -0.25) is 0 Å².